The Morgan fingerprint density at radius 1 is 1.55 bits per heavy atom. The monoisotopic (exact) mass is 301 g/mol. The Bertz CT molecular complexity index is 604. The van der Waals surface area contributed by atoms with Gasteiger partial charge in [0.1, 0.15) is 10.6 Å². The molecule has 112 valence electrons. The molecule has 3 N–H and O–H groups in total. The first-order valence-corrected chi connectivity index (χ1v) is 7.87. The summed E-state index contributed by atoms with van der Waals surface area (Å²) < 4.78 is 27.7. The Labute approximate surface area is 118 Å². The fourth-order valence-electron chi connectivity index (χ4n) is 2.08. The third-order valence-electron chi connectivity index (χ3n) is 3.38. The summed E-state index contributed by atoms with van der Waals surface area (Å²) in [6.07, 6.45) is 3.39. The number of sulfonamides is 1. The second-order valence-electron chi connectivity index (χ2n) is 5.07. The Hall–Kier alpha value is -1.38. The number of aliphatic hydroxyl groups is 1. The van der Waals surface area contributed by atoms with Gasteiger partial charge in [-0.3, -0.25) is 4.79 Å². The summed E-state index contributed by atoms with van der Waals surface area (Å²) in [6.45, 7) is 0.227. The highest BCUT2D eigenvalue weighted by Crippen LogP contribution is 2.31. The third-order valence-corrected chi connectivity index (χ3v) is 5.21. The highest BCUT2D eigenvalue weighted by Gasteiger charge is 2.32. The normalized spacial score (nSPS) is 15.8. The van der Waals surface area contributed by atoms with Gasteiger partial charge >= 0.3 is 0 Å². The quantitative estimate of drug-likeness (QED) is 0.709. The molecule has 2 rings (SSSR count). The van der Waals surface area contributed by atoms with E-state index in [2.05, 4.69) is 0 Å². The van der Waals surface area contributed by atoms with E-state index >= 15 is 0 Å². The Kier molecular flexibility index (Phi) is 4.17. The summed E-state index contributed by atoms with van der Waals surface area (Å²) in [4.78, 5) is 11.2. The number of aliphatic hydroxyl groups excluding tert-OH is 1. The minimum Gasteiger partial charge on any atom is -0.395 e. The fraction of sp³-hybridized carbons (Fsp3) is 0.583. The zero-order chi connectivity index (χ0) is 14.9. The summed E-state index contributed by atoms with van der Waals surface area (Å²) in [5.74, 6) is -0.305. The Morgan fingerprint density at radius 2 is 2.20 bits per heavy atom. The van der Waals surface area contributed by atoms with Gasteiger partial charge in [0, 0.05) is 26.3 Å². The minimum atomic E-state index is -3.71. The zero-order valence-corrected chi connectivity index (χ0v) is 12.1. The average Bonchev–Trinajstić information content (AvgIpc) is 3.08. The van der Waals surface area contributed by atoms with Crippen LogP contribution in [0.1, 0.15) is 23.3 Å². The van der Waals surface area contributed by atoms with E-state index in [4.69, 9.17) is 10.8 Å². The Morgan fingerprint density at radius 3 is 2.65 bits per heavy atom. The lowest BCUT2D eigenvalue weighted by atomic mass is 10.4. The van der Waals surface area contributed by atoms with Gasteiger partial charge in [0.05, 0.1) is 6.61 Å². The van der Waals surface area contributed by atoms with Crippen LogP contribution in [0.15, 0.2) is 17.2 Å². The molecule has 1 saturated carbocycles. The highest BCUT2D eigenvalue weighted by atomic mass is 32.2. The van der Waals surface area contributed by atoms with E-state index in [1.165, 1.54) is 21.1 Å². The van der Waals surface area contributed by atoms with Crippen molar-refractivity contribution in [2.75, 3.05) is 19.7 Å². The summed E-state index contributed by atoms with van der Waals surface area (Å²) in [6, 6.07) is 1.27. The van der Waals surface area contributed by atoms with Gasteiger partial charge in [0.25, 0.3) is 5.91 Å². The van der Waals surface area contributed by atoms with Crippen LogP contribution in [0, 0.1) is 5.92 Å². The molecule has 1 aliphatic rings. The van der Waals surface area contributed by atoms with Crippen LogP contribution in [-0.4, -0.2) is 48.0 Å². The van der Waals surface area contributed by atoms with Crippen LogP contribution in [-0.2, 0) is 17.1 Å². The number of nitrogens with two attached hydrogens (primary N) is 1. The van der Waals surface area contributed by atoms with Crippen LogP contribution in [0.3, 0.4) is 0 Å². The number of aromatic nitrogens is 1. The standard InChI is InChI=1S/C12H19N3O4S/c1-14-8-10(6-11(14)12(13)17)20(18,19)15(4-5-16)7-9-2-3-9/h6,8-9,16H,2-5,7H2,1H3,(H2,13,17). The van der Waals surface area contributed by atoms with Crippen molar-refractivity contribution >= 4 is 15.9 Å². The molecule has 0 radical (unpaired) electrons. The number of nitrogens with zero attached hydrogens (tertiary/aromatic N) is 2. The maximum atomic E-state index is 12.5. The van der Waals surface area contributed by atoms with Crippen molar-refractivity contribution in [1.82, 2.24) is 8.87 Å². The van der Waals surface area contributed by atoms with E-state index in [1.807, 2.05) is 0 Å². The maximum Gasteiger partial charge on any atom is 0.265 e. The molecule has 8 heteroatoms. The van der Waals surface area contributed by atoms with E-state index in [0.717, 1.165) is 12.8 Å². The molecule has 0 unspecified atom stereocenters. The Balaban J connectivity index is 2.31. The van der Waals surface area contributed by atoms with Crippen LogP contribution in [0.25, 0.3) is 0 Å². The van der Waals surface area contributed by atoms with Gasteiger partial charge in [-0.2, -0.15) is 4.31 Å². The second kappa shape index (κ2) is 5.55. The van der Waals surface area contributed by atoms with Crippen LogP contribution in [0.5, 0.6) is 0 Å². The number of carbonyl (C=O) groups excluding carboxylic acids is 1. The van der Waals surface area contributed by atoms with E-state index in [9.17, 15) is 13.2 Å². The summed E-state index contributed by atoms with van der Waals surface area (Å²) in [5.41, 5.74) is 5.33. The van der Waals surface area contributed by atoms with Gasteiger partial charge in [0.2, 0.25) is 10.0 Å². The molecule has 1 aromatic rings. The van der Waals surface area contributed by atoms with E-state index in [-0.39, 0.29) is 23.7 Å². The zero-order valence-electron chi connectivity index (χ0n) is 11.3. The molecule has 1 amide bonds. The molecular formula is C12H19N3O4S. The number of carbonyl (C=O) groups is 1. The predicted molar refractivity (Wildman–Crippen MR) is 72.5 cm³/mol. The molecule has 1 fully saturated rings. The van der Waals surface area contributed by atoms with Gasteiger partial charge in [-0.05, 0) is 24.8 Å². The van der Waals surface area contributed by atoms with Crippen molar-refractivity contribution in [1.29, 1.82) is 0 Å². The number of primary amides is 1. The average molecular weight is 301 g/mol. The molecule has 0 aromatic carbocycles. The molecule has 20 heavy (non-hydrogen) atoms. The van der Waals surface area contributed by atoms with Gasteiger partial charge in [0.15, 0.2) is 0 Å². The van der Waals surface area contributed by atoms with Crippen LogP contribution in [0.2, 0.25) is 0 Å². The molecule has 0 bridgehead atoms. The molecule has 1 heterocycles. The van der Waals surface area contributed by atoms with E-state index in [0.29, 0.717) is 12.5 Å². The summed E-state index contributed by atoms with van der Waals surface area (Å²) >= 11 is 0. The maximum absolute atomic E-state index is 12.5. The lowest BCUT2D eigenvalue weighted by molar-refractivity contribution is 0.0992. The first kappa shape index (κ1) is 15.0. The molecular weight excluding hydrogens is 282 g/mol. The topological polar surface area (TPSA) is 106 Å². The first-order valence-electron chi connectivity index (χ1n) is 6.43. The smallest absolute Gasteiger partial charge is 0.265 e. The first-order chi connectivity index (χ1) is 9.36. The number of hydrogen-bond donors (Lipinski definition) is 2. The predicted octanol–water partition coefficient (Wildman–Crippen LogP) is -0.483. The number of hydrogen-bond acceptors (Lipinski definition) is 4. The second-order valence-corrected chi connectivity index (χ2v) is 7.00. The molecule has 0 saturated heterocycles. The van der Waals surface area contributed by atoms with Gasteiger partial charge < -0.3 is 15.4 Å². The van der Waals surface area contributed by atoms with Crippen LogP contribution < -0.4 is 5.73 Å². The van der Waals surface area contributed by atoms with Crippen molar-refractivity contribution in [2.24, 2.45) is 18.7 Å². The van der Waals surface area contributed by atoms with E-state index < -0.39 is 15.9 Å². The largest absolute Gasteiger partial charge is 0.395 e. The van der Waals surface area contributed by atoms with E-state index in [1.54, 1.807) is 7.05 Å². The van der Waals surface area contributed by atoms with Gasteiger partial charge in [-0.25, -0.2) is 8.42 Å². The van der Waals surface area contributed by atoms with Crippen LogP contribution >= 0.6 is 0 Å². The third kappa shape index (κ3) is 3.02. The molecule has 1 aliphatic carbocycles. The summed E-state index contributed by atoms with van der Waals surface area (Å²) in [5, 5.41) is 9.04. The molecule has 7 nitrogen and oxygen atoms in total. The van der Waals surface area contributed by atoms with Gasteiger partial charge in [-0.1, -0.05) is 0 Å². The van der Waals surface area contributed by atoms with Crippen LogP contribution in [0.4, 0.5) is 0 Å². The van der Waals surface area contributed by atoms with Crippen molar-refractivity contribution < 1.29 is 18.3 Å². The van der Waals surface area contributed by atoms with Crippen molar-refractivity contribution in [2.45, 2.75) is 17.7 Å². The number of amides is 1. The molecule has 0 spiro atoms. The van der Waals surface area contributed by atoms with Gasteiger partial charge in [-0.15, -0.1) is 0 Å². The SMILES string of the molecule is Cn1cc(S(=O)(=O)N(CCO)CC2CC2)cc1C(N)=O. The van der Waals surface area contributed by atoms with Crippen molar-refractivity contribution in [3.8, 4) is 0 Å². The lowest BCUT2D eigenvalue weighted by Gasteiger charge is -2.20. The molecule has 1 aromatic heterocycles. The minimum absolute atomic E-state index is 0.0305. The number of aryl methyl sites for hydroxylation is 1. The molecule has 0 atom stereocenters. The number of rotatable bonds is 7. The van der Waals surface area contributed by atoms with Crippen molar-refractivity contribution in [3.63, 3.8) is 0 Å². The lowest BCUT2D eigenvalue weighted by Crippen LogP contribution is -2.35. The highest BCUT2D eigenvalue weighted by molar-refractivity contribution is 7.89. The fourth-order valence-corrected chi connectivity index (χ4v) is 3.66. The summed E-state index contributed by atoms with van der Waals surface area (Å²) in [7, 11) is -2.14. The molecule has 0 aliphatic heterocycles. The van der Waals surface area contributed by atoms with Crippen molar-refractivity contribution in [3.05, 3.63) is 18.0 Å².